The number of imide groups is 1. The number of carbonyl (C=O) groups excluding carboxylic acids is 5. The molecular weight excluding hydrogens is 652 g/mol. The molecule has 50 heavy (non-hydrogen) atoms. The molecule has 3 amide bonds. The highest BCUT2D eigenvalue weighted by Gasteiger charge is 2.39. The summed E-state index contributed by atoms with van der Waals surface area (Å²) in [7, 11) is 0. The number of rotatable bonds is 13. The lowest BCUT2D eigenvalue weighted by atomic mass is 10.1. The summed E-state index contributed by atoms with van der Waals surface area (Å²) in [5.74, 6) is -0.477. The molecule has 260 valence electrons. The van der Waals surface area contributed by atoms with E-state index in [0.29, 0.717) is 53.1 Å². The molecule has 0 spiro atoms. The van der Waals surface area contributed by atoms with Crippen molar-refractivity contribution in [1.29, 1.82) is 0 Å². The van der Waals surface area contributed by atoms with Crippen LogP contribution >= 0.6 is 0 Å². The van der Waals surface area contributed by atoms with Crippen molar-refractivity contribution < 1.29 is 48.4 Å². The molecule has 16 heteroatoms. The first-order valence-corrected chi connectivity index (χ1v) is 15.5. The minimum Gasteiger partial charge on any atom is -0.445 e. The van der Waals surface area contributed by atoms with E-state index in [1.807, 2.05) is 13.8 Å². The first-order chi connectivity index (χ1) is 24.0. The van der Waals surface area contributed by atoms with Gasteiger partial charge >= 0.3 is 12.1 Å². The van der Waals surface area contributed by atoms with E-state index in [-0.39, 0.29) is 29.7 Å². The van der Waals surface area contributed by atoms with E-state index >= 15 is 0 Å². The van der Waals surface area contributed by atoms with E-state index < -0.39 is 36.8 Å². The molecule has 0 bridgehead atoms. The molecule has 0 radical (unpaired) electrons. The largest absolute Gasteiger partial charge is 0.445 e. The van der Waals surface area contributed by atoms with Crippen LogP contribution in [0.5, 0.6) is 5.75 Å². The number of aliphatic hydroxyl groups excluding tert-OH is 1. The Labute approximate surface area is 285 Å². The Hall–Kier alpha value is -6.09. The standard InChI is InChI=1S/C34H34N6O10/c1-4-35-31(43)25-15-39-29(20(25)3)30(36-17-37-39)38-26-14-22(8-5-19(26)2)32(44)40(23-9-10-23)34(47)49-18-48-28(42)13-21-6-11-24(12-7-21)50-27(16-41)33(45)46/h5-8,11-12,14-15,17,23,33,45-46H,4,9-10,13,18H2,1-3H3,(H,35,43)(H,36,37,38). The molecule has 5 rings (SSSR count). The van der Waals surface area contributed by atoms with Gasteiger partial charge in [0.15, 0.2) is 11.8 Å². The molecule has 2 aromatic heterocycles. The number of amides is 3. The van der Waals surface area contributed by atoms with Crippen molar-refractivity contribution in [2.75, 3.05) is 18.7 Å². The van der Waals surface area contributed by atoms with Crippen LogP contribution in [0, 0.1) is 13.8 Å². The van der Waals surface area contributed by atoms with Gasteiger partial charge in [0.25, 0.3) is 11.8 Å². The van der Waals surface area contributed by atoms with Gasteiger partial charge in [-0.15, -0.1) is 0 Å². The van der Waals surface area contributed by atoms with Gasteiger partial charge < -0.3 is 35.1 Å². The van der Waals surface area contributed by atoms with Crippen molar-refractivity contribution in [2.24, 2.45) is 0 Å². The van der Waals surface area contributed by atoms with Crippen molar-refractivity contribution in [2.45, 2.75) is 52.4 Å². The summed E-state index contributed by atoms with van der Waals surface area (Å²) >= 11 is 0. The van der Waals surface area contributed by atoms with Crippen LogP contribution in [0.25, 0.3) is 5.52 Å². The maximum absolute atomic E-state index is 13.6. The fourth-order valence-corrected chi connectivity index (χ4v) is 4.99. The van der Waals surface area contributed by atoms with Crippen molar-refractivity contribution in [1.82, 2.24) is 24.8 Å². The Morgan fingerprint density at radius 3 is 2.48 bits per heavy atom. The van der Waals surface area contributed by atoms with Crippen LogP contribution in [0.1, 0.15) is 57.2 Å². The molecule has 1 aliphatic carbocycles. The second-order valence-electron chi connectivity index (χ2n) is 11.3. The van der Waals surface area contributed by atoms with E-state index in [1.54, 1.807) is 35.8 Å². The molecule has 1 saturated carbocycles. The SMILES string of the molecule is CCNC(=O)c1cn2ncnc(Nc3cc(C(=O)N(C(=O)OCOC(=O)Cc4ccc(OC(=C=O)C(O)O)cc4)C4CC4)ccc3C)c2c1C. The van der Waals surface area contributed by atoms with E-state index in [0.717, 1.165) is 10.5 Å². The number of aromatic nitrogens is 3. The Bertz CT molecular complexity index is 1980. The number of aliphatic hydroxyl groups is 2. The minimum absolute atomic E-state index is 0.109. The lowest BCUT2D eigenvalue weighted by molar-refractivity contribution is -0.151. The molecule has 0 atom stereocenters. The summed E-state index contributed by atoms with van der Waals surface area (Å²) in [4.78, 5) is 67.7. The zero-order chi connectivity index (χ0) is 35.9. The third-order valence-corrected chi connectivity index (χ3v) is 7.71. The van der Waals surface area contributed by atoms with Gasteiger partial charge in [0, 0.05) is 30.0 Å². The number of esters is 1. The molecular formula is C34H34N6O10. The number of nitrogens with one attached hydrogen (secondary N) is 2. The molecule has 4 N–H and O–H groups in total. The minimum atomic E-state index is -2.13. The molecule has 1 aliphatic rings. The molecule has 2 heterocycles. The lowest BCUT2D eigenvalue weighted by Gasteiger charge is -2.21. The van der Waals surface area contributed by atoms with Gasteiger partial charge in [0.2, 0.25) is 18.8 Å². The molecule has 16 nitrogen and oxygen atoms in total. The van der Waals surface area contributed by atoms with E-state index in [4.69, 9.17) is 24.4 Å². The highest BCUT2D eigenvalue weighted by Crippen LogP contribution is 2.31. The predicted octanol–water partition coefficient (Wildman–Crippen LogP) is 2.73. The van der Waals surface area contributed by atoms with Gasteiger partial charge in [0.05, 0.1) is 12.0 Å². The average molecular weight is 687 g/mol. The maximum atomic E-state index is 13.6. The Kier molecular flexibility index (Phi) is 10.9. The van der Waals surface area contributed by atoms with Gasteiger partial charge in [-0.2, -0.15) is 5.10 Å². The fraction of sp³-hybridized carbons (Fsp3) is 0.294. The van der Waals surface area contributed by atoms with Crippen LogP contribution in [-0.2, 0) is 25.5 Å². The van der Waals surface area contributed by atoms with Crippen LogP contribution in [0.2, 0.25) is 0 Å². The summed E-state index contributed by atoms with van der Waals surface area (Å²) in [6, 6.07) is 10.3. The zero-order valence-corrected chi connectivity index (χ0v) is 27.3. The number of aryl methyl sites for hydroxylation is 2. The smallest absolute Gasteiger partial charge is 0.419 e. The molecule has 0 saturated heterocycles. The van der Waals surface area contributed by atoms with Crippen molar-refractivity contribution in [3.05, 3.63) is 88.6 Å². The van der Waals surface area contributed by atoms with Gasteiger partial charge in [-0.3, -0.25) is 14.4 Å². The predicted molar refractivity (Wildman–Crippen MR) is 175 cm³/mol. The zero-order valence-electron chi connectivity index (χ0n) is 27.3. The summed E-state index contributed by atoms with van der Waals surface area (Å²) in [5, 5.41) is 28.4. The Morgan fingerprint density at radius 1 is 1.08 bits per heavy atom. The summed E-state index contributed by atoms with van der Waals surface area (Å²) < 4.78 is 16.8. The number of hydrogen-bond donors (Lipinski definition) is 4. The average Bonchev–Trinajstić information content (AvgIpc) is 3.86. The number of carbonyl (C=O) groups is 4. The number of nitrogens with zero attached hydrogens (tertiary/aromatic N) is 4. The number of benzene rings is 2. The quantitative estimate of drug-likeness (QED) is 0.0691. The first-order valence-electron chi connectivity index (χ1n) is 15.5. The number of ether oxygens (including phenoxy) is 3. The summed E-state index contributed by atoms with van der Waals surface area (Å²) in [5.41, 5.74) is 3.73. The fourth-order valence-electron chi connectivity index (χ4n) is 4.99. The van der Waals surface area contributed by atoms with Crippen molar-refractivity contribution >= 4 is 46.8 Å². The van der Waals surface area contributed by atoms with Gasteiger partial charge in [-0.05, 0) is 74.6 Å². The third-order valence-electron chi connectivity index (χ3n) is 7.71. The topological polar surface area (TPSA) is 211 Å². The second-order valence-corrected chi connectivity index (χ2v) is 11.3. The van der Waals surface area contributed by atoms with Crippen molar-refractivity contribution in [3.8, 4) is 5.75 Å². The van der Waals surface area contributed by atoms with Crippen LogP contribution in [0.4, 0.5) is 16.3 Å². The number of fused-ring (bicyclic) bond motifs is 1. The van der Waals surface area contributed by atoms with E-state index in [2.05, 4.69) is 20.7 Å². The second kappa shape index (κ2) is 15.4. The van der Waals surface area contributed by atoms with E-state index in [1.165, 1.54) is 36.5 Å². The first kappa shape index (κ1) is 35.2. The van der Waals surface area contributed by atoms with Gasteiger partial charge in [-0.25, -0.2) is 24.0 Å². The number of anilines is 2. The Morgan fingerprint density at radius 2 is 1.82 bits per heavy atom. The highest BCUT2D eigenvalue weighted by molar-refractivity contribution is 6.04. The highest BCUT2D eigenvalue weighted by atomic mass is 16.7. The van der Waals surface area contributed by atoms with Gasteiger partial charge in [0.1, 0.15) is 17.6 Å². The van der Waals surface area contributed by atoms with Crippen LogP contribution in [0.15, 0.2) is 60.7 Å². The maximum Gasteiger partial charge on any atom is 0.419 e. The molecule has 0 unspecified atom stereocenters. The van der Waals surface area contributed by atoms with Crippen LogP contribution < -0.4 is 15.4 Å². The molecule has 2 aromatic carbocycles. The monoisotopic (exact) mass is 686 g/mol. The summed E-state index contributed by atoms with van der Waals surface area (Å²) in [6.07, 6.45) is 0.867. The molecule has 4 aromatic rings. The lowest BCUT2D eigenvalue weighted by Crippen LogP contribution is -2.39. The normalized spacial score (nSPS) is 12.2. The van der Waals surface area contributed by atoms with Crippen LogP contribution in [-0.4, -0.2) is 85.2 Å². The molecule has 0 aliphatic heterocycles. The molecule has 1 fully saturated rings. The van der Waals surface area contributed by atoms with Crippen molar-refractivity contribution in [3.63, 3.8) is 0 Å². The number of hydrogen-bond acceptors (Lipinski definition) is 13. The van der Waals surface area contributed by atoms with Gasteiger partial charge in [-0.1, -0.05) is 18.2 Å². The van der Waals surface area contributed by atoms with E-state index in [9.17, 15) is 24.0 Å². The summed E-state index contributed by atoms with van der Waals surface area (Å²) in [6.45, 7) is 5.21. The third kappa shape index (κ3) is 8.13. The van der Waals surface area contributed by atoms with Crippen LogP contribution in [0.3, 0.4) is 0 Å². The Balaban J connectivity index is 1.22.